The van der Waals surface area contributed by atoms with E-state index in [1.807, 2.05) is 30.3 Å². The van der Waals surface area contributed by atoms with Crippen LogP contribution in [-0.4, -0.2) is 5.78 Å². The van der Waals surface area contributed by atoms with Gasteiger partial charge in [0.05, 0.1) is 5.02 Å². The van der Waals surface area contributed by atoms with Crippen molar-refractivity contribution < 1.29 is 9.18 Å². The predicted molar refractivity (Wildman–Crippen MR) is 75.1 cm³/mol. The predicted octanol–water partition coefficient (Wildman–Crippen LogP) is 4.68. The van der Waals surface area contributed by atoms with E-state index in [0.29, 0.717) is 19.3 Å². The van der Waals surface area contributed by atoms with E-state index in [1.54, 1.807) is 12.1 Å². The minimum atomic E-state index is -0.409. The molecule has 0 fully saturated rings. The Labute approximate surface area is 117 Å². The van der Waals surface area contributed by atoms with Gasteiger partial charge in [0.25, 0.3) is 0 Å². The Kier molecular flexibility index (Phi) is 4.69. The molecule has 0 saturated carbocycles. The minimum absolute atomic E-state index is 0.120. The molecule has 19 heavy (non-hydrogen) atoms. The summed E-state index contributed by atoms with van der Waals surface area (Å²) in [6.07, 6.45) is 1.84. The topological polar surface area (TPSA) is 17.1 Å². The number of ketones is 1. The highest BCUT2D eigenvalue weighted by Crippen LogP contribution is 2.17. The molecule has 0 heterocycles. The normalized spacial score (nSPS) is 10.4. The van der Waals surface area contributed by atoms with Crippen molar-refractivity contribution >= 4 is 17.4 Å². The highest BCUT2D eigenvalue weighted by atomic mass is 35.5. The molecule has 2 aromatic carbocycles. The molecule has 0 saturated heterocycles. The average Bonchev–Trinajstić information content (AvgIpc) is 2.43. The van der Waals surface area contributed by atoms with Crippen molar-refractivity contribution in [1.82, 2.24) is 0 Å². The number of halogens is 2. The van der Waals surface area contributed by atoms with Crippen LogP contribution in [0.4, 0.5) is 4.39 Å². The van der Waals surface area contributed by atoms with Gasteiger partial charge in [-0.1, -0.05) is 48.0 Å². The zero-order valence-electron chi connectivity index (χ0n) is 10.4. The molecule has 0 unspecified atom stereocenters. The molecule has 0 atom stereocenters. The second-order valence-electron chi connectivity index (χ2n) is 4.39. The molecular weight excluding hydrogens is 263 g/mol. The van der Waals surface area contributed by atoms with Gasteiger partial charge in [0.1, 0.15) is 5.82 Å². The van der Waals surface area contributed by atoms with E-state index < -0.39 is 5.82 Å². The fraction of sp³-hybridized carbons (Fsp3) is 0.188. The molecule has 0 aliphatic heterocycles. The molecule has 0 aliphatic carbocycles. The highest BCUT2D eigenvalue weighted by molar-refractivity contribution is 6.30. The van der Waals surface area contributed by atoms with Crippen molar-refractivity contribution in [2.75, 3.05) is 0 Å². The molecule has 0 spiro atoms. The zero-order valence-corrected chi connectivity index (χ0v) is 11.2. The summed E-state index contributed by atoms with van der Waals surface area (Å²) in [7, 11) is 0. The highest BCUT2D eigenvalue weighted by Gasteiger charge is 2.06. The van der Waals surface area contributed by atoms with Crippen LogP contribution in [0.3, 0.4) is 0 Å². The van der Waals surface area contributed by atoms with Crippen molar-refractivity contribution in [3.8, 4) is 0 Å². The first-order valence-electron chi connectivity index (χ1n) is 6.19. The fourth-order valence-corrected chi connectivity index (χ4v) is 2.03. The van der Waals surface area contributed by atoms with E-state index >= 15 is 0 Å². The Hall–Kier alpha value is -1.67. The van der Waals surface area contributed by atoms with Gasteiger partial charge in [0.15, 0.2) is 5.78 Å². The molecule has 0 aliphatic rings. The largest absolute Gasteiger partial charge is 0.294 e. The smallest absolute Gasteiger partial charge is 0.162 e. The fourth-order valence-electron chi connectivity index (χ4n) is 1.92. The molecule has 3 heteroatoms. The Morgan fingerprint density at radius 2 is 1.84 bits per heavy atom. The number of aryl methyl sites for hydroxylation is 1. The standard InChI is InChI=1S/C16H14ClFO/c17-14-10-9-12(11-15(14)18)5-4-8-16(19)13-6-2-1-3-7-13/h1-3,6-7,9-11H,4-5,8H2. The van der Waals surface area contributed by atoms with Crippen molar-refractivity contribution in [2.45, 2.75) is 19.3 Å². The lowest BCUT2D eigenvalue weighted by Crippen LogP contribution is -1.99. The third-order valence-electron chi connectivity index (χ3n) is 2.95. The van der Waals surface area contributed by atoms with Crippen LogP contribution in [0.25, 0.3) is 0 Å². The lowest BCUT2D eigenvalue weighted by atomic mass is 10.0. The maximum atomic E-state index is 13.2. The second kappa shape index (κ2) is 6.48. The number of rotatable bonds is 5. The van der Waals surface area contributed by atoms with Crippen LogP contribution >= 0.6 is 11.6 Å². The molecule has 98 valence electrons. The third kappa shape index (κ3) is 3.90. The Balaban J connectivity index is 1.87. The summed E-state index contributed by atoms with van der Waals surface area (Å²) < 4.78 is 13.2. The number of carbonyl (C=O) groups is 1. The van der Waals surface area contributed by atoms with Gasteiger partial charge in [-0.2, -0.15) is 0 Å². The summed E-state index contributed by atoms with van der Waals surface area (Å²) in [5.41, 5.74) is 1.59. The zero-order chi connectivity index (χ0) is 13.7. The maximum Gasteiger partial charge on any atom is 0.162 e. The number of Topliss-reactive ketones (excluding diaryl/α,β-unsaturated/α-hetero) is 1. The molecule has 0 amide bonds. The molecule has 0 N–H and O–H groups in total. The first kappa shape index (κ1) is 13.8. The van der Waals surface area contributed by atoms with E-state index in [4.69, 9.17) is 11.6 Å². The van der Waals surface area contributed by atoms with Crippen molar-refractivity contribution in [3.63, 3.8) is 0 Å². The van der Waals surface area contributed by atoms with Crippen LogP contribution in [-0.2, 0) is 6.42 Å². The number of hydrogen-bond acceptors (Lipinski definition) is 1. The average molecular weight is 277 g/mol. The second-order valence-corrected chi connectivity index (χ2v) is 4.80. The van der Waals surface area contributed by atoms with Crippen LogP contribution in [0, 0.1) is 5.82 Å². The van der Waals surface area contributed by atoms with Gasteiger partial charge in [-0.05, 0) is 30.5 Å². The maximum absolute atomic E-state index is 13.2. The lowest BCUT2D eigenvalue weighted by molar-refractivity contribution is 0.0980. The van der Waals surface area contributed by atoms with Crippen molar-refractivity contribution in [2.24, 2.45) is 0 Å². The van der Waals surface area contributed by atoms with E-state index in [2.05, 4.69) is 0 Å². The molecule has 0 bridgehead atoms. The van der Waals surface area contributed by atoms with Gasteiger partial charge in [0, 0.05) is 12.0 Å². The summed E-state index contributed by atoms with van der Waals surface area (Å²) in [6.45, 7) is 0. The lowest BCUT2D eigenvalue weighted by Gasteiger charge is -2.03. The van der Waals surface area contributed by atoms with E-state index in [0.717, 1.165) is 11.1 Å². The molecule has 0 radical (unpaired) electrons. The summed E-state index contributed by atoms with van der Waals surface area (Å²) >= 11 is 5.62. The summed E-state index contributed by atoms with van der Waals surface area (Å²) in [6, 6.07) is 14.0. The van der Waals surface area contributed by atoms with Crippen LogP contribution in [0.15, 0.2) is 48.5 Å². The van der Waals surface area contributed by atoms with Crippen molar-refractivity contribution in [3.05, 3.63) is 70.5 Å². The van der Waals surface area contributed by atoms with Crippen LogP contribution in [0.2, 0.25) is 5.02 Å². The van der Waals surface area contributed by atoms with Gasteiger partial charge in [-0.15, -0.1) is 0 Å². The van der Waals surface area contributed by atoms with Gasteiger partial charge in [-0.3, -0.25) is 4.79 Å². The molecule has 2 aromatic rings. The van der Waals surface area contributed by atoms with Crippen LogP contribution in [0.1, 0.15) is 28.8 Å². The Bertz CT molecular complexity index is 566. The molecular formula is C16H14ClFO. The van der Waals surface area contributed by atoms with E-state index in [1.165, 1.54) is 6.07 Å². The van der Waals surface area contributed by atoms with Crippen LogP contribution < -0.4 is 0 Å². The third-order valence-corrected chi connectivity index (χ3v) is 3.26. The van der Waals surface area contributed by atoms with Gasteiger partial charge >= 0.3 is 0 Å². The molecule has 0 aromatic heterocycles. The summed E-state index contributed by atoms with van der Waals surface area (Å²) in [5.74, 6) is -0.288. The van der Waals surface area contributed by atoms with Gasteiger partial charge in [0.2, 0.25) is 0 Å². The first-order valence-corrected chi connectivity index (χ1v) is 6.57. The van der Waals surface area contributed by atoms with Gasteiger partial charge in [-0.25, -0.2) is 4.39 Å². The SMILES string of the molecule is O=C(CCCc1ccc(Cl)c(F)c1)c1ccccc1. The monoisotopic (exact) mass is 276 g/mol. The quantitative estimate of drug-likeness (QED) is 0.725. The molecule has 1 nitrogen and oxygen atoms in total. The van der Waals surface area contributed by atoms with Gasteiger partial charge < -0.3 is 0 Å². The minimum Gasteiger partial charge on any atom is -0.294 e. The van der Waals surface area contributed by atoms with E-state index in [9.17, 15) is 9.18 Å². The Morgan fingerprint density at radius 1 is 1.11 bits per heavy atom. The first-order chi connectivity index (χ1) is 9.16. The Morgan fingerprint density at radius 3 is 2.53 bits per heavy atom. The number of benzene rings is 2. The molecule has 2 rings (SSSR count). The summed E-state index contributed by atoms with van der Waals surface area (Å²) in [4.78, 5) is 11.9. The van der Waals surface area contributed by atoms with E-state index in [-0.39, 0.29) is 10.8 Å². The summed E-state index contributed by atoms with van der Waals surface area (Å²) in [5, 5.41) is 0.129. The number of hydrogen-bond donors (Lipinski definition) is 0. The van der Waals surface area contributed by atoms with Crippen molar-refractivity contribution in [1.29, 1.82) is 0 Å². The van der Waals surface area contributed by atoms with Crippen LogP contribution in [0.5, 0.6) is 0 Å². The number of carbonyl (C=O) groups excluding carboxylic acids is 1.